The smallest absolute Gasteiger partial charge is 0.207 e. The van der Waals surface area contributed by atoms with E-state index in [1.54, 1.807) is 0 Å². The monoisotopic (exact) mass is 440 g/mol. The molecule has 2 rings (SSSR count). The van der Waals surface area contributed by atoms with E-state index in [0.29, 0.717) is 18.2 Å². The number of halogens is 8. The first kappa shape index (κ1) is 21.4. The zero-order valence-corrected chi connectivity index (χ0v) is 14.3. The zero-order valence-electron chi connectivity index (χ0n) is 12.7. The van der Waals surface area contributed by atoms with Crippen LogP contribution in [0.2, 0.25) is 0 Å². The van der Waals surface area contributed by atoms with Crippen LogP contribution in [0, 0.1) is 11.6 Å². The van der Waals surface area contributed by atoms with Crippen LogP contribution in [0.5, 0.6) is 0 Å². The van der Waals surface area contributed by atoms with Crippen molar-refractivity contribution in [3.63, 3.8) is 0 Å². The highest BCUT2D eigenvalue weighted by Crippen LogP contribution is 2.75. The first-order chi connectivity index (χ1) is 12.2. The Morgan fingerprint density at radius 1 is 0.778 bits per heavy atom. The van der Waals surface area contributed by atoms with Gasteiger partial charge in [0.1, 0.15) is 11.6 Å². The van der Waals surface area contributed by atoms with Crippen LogP contribution < -0.4 is 0 Å². The van der Waals surface area contributed by atoms with Gasteiger partial charge in [-0.25, -0.2) is 8.78 Å². The summed E-state index contributed by atoms with van der Waals surface area (Å²) >= 11 is 0. The predicted octanol–water partition coefficient (Wildman–Crippen LogP) is 5.49. The molecule has 0 radical (unpaired) electrons. The van der Waals surface area contributed by atoms with Crippen molar-refractivity contribution in [1.82, 2.24) is 0 Å². The van der Waals surface area contributed by atoms with E-state index in [-0.39, 0.29) is 12.1 Å². The molecular weight excluding hydrogens is 432 g/mol. The van der Waals surface area contributed by atoms with Crippen LogP contribution in [-0.2, 0) is 13.7 Å². The molecule has 0 aliphatic carbocycles. The molecule has 0 aromatic heterocycles. The fraction of sp³-hybridized carbons (Fsp3) is 0.143. The molecule has 2 aromatic carbocycles. The van der Waals surface area contributed by atoms with Crippen LogP contribution in [0.25, 0.3) is 0 Å². The van der Waals surface area contributed by atoms with Gasteiger partial charge in [-0.15, -0.1) is 0 Å². The summed E-state index contributed by atoms with van der Waals surface area (Å²) in [5.41, 5.74) is -12.0. The molecule has 0 aliphatic rings. The molecule has 2 aromatic rings. The second-order valence-corrected chi connectivity index (χ2v) is 9.26. The van der Waals surface area contributed by atoms with Crippen molar-refractivity contribution in [3.05, 3.63) is 60.2 Å². The van der Waals surface area contributed by atoms with Crippen LogP contribution in [0.15, 0.2) is 58.3 Å². The third kappa shape index (κ3) is 3.89. The molecule has 27 heavy (non-hydrogen) atoms. The summed E-state index contributed by atoms with van der Waals surface area (Å²) in [7, 11) is -12.4. The van der Waals surface area contributed by atoms with Crippen molar-refractivity contribution < 1.29 is 47.2 Å². The molecule has 0 amide bonds. The Kier molecular flexibility index (Phi) is 5.52. The molecule has 0 aliphatic heterocycles. The summed E-state index contributed by atoms with van der Waals surface area (Å²) in [6, 6.07) is 4.93. The van der Waals surface area contributed by atoms with Crippen molar-refractivity contribution in [2.45, 2.75) is 20.8 Å². The summed E-state index contributed by atoms with van der Waals surface area (Å²) in [4.78, 5) is -2.65. The van der Waals surface area contributed by atoms with Gasteiger partial charge in [0.25, 0.3) is 0 Å². The topological polar surface area (TPSA) is 43.4 Å². The van der Waals surface area contributed by atoms with Crippen LogP contribution in [0.4, 0.5) is 35.1 Å². The molecule has 0 saturated carbocycles. The lowest BCUT2D eigenvalue weighted by Gasteiger charge is -2.40. The van der Waals surface area contributed by atoms with Gasteiger partial charge in [-0.3, -0.25) is 0 Å². The number of hydrogen-bond acceptors (Lipinski definition) is 3. The van der Waals surface area contributed by atoms with Crippen LogP contribution in [-0.4, -0.2) is 19.4 Å². The minimum Gasteiger partial charge on any atom is -0.207 e. The highest BCUT2D eigenvalue weighted by Gasteiger charge is 2.62. The molecule has 150 valence electrons. The minimum atomic E-state index is -6.81. The third-order valence-corrected chi connectivity index (χ3v) is 7.72. The molecule has 0 bridgehead atoms. The van der Waals surface area contributed by atoms with Gasteiger partial charge in [-0.1, -0.05) is 18.2 Å². The van der Waals surface area contributed by atoms with Crippen molar-refractivity contribution in [1.29, 1.82) is 0 Å². The third-order valence-electron chi connectivity index (χ3n) is 3.08. The summed E-state index contributed by atoms with van der Waals surface area (Å²) < 4.78 is 134. The lowest BCUT2D eigenvalue weighted by molar-refractivity contribution is -0.0552. The molecule has 1 unspecified atom stereocenters. The quantitative estimate of drug-likeness (QED) is 0.467. The van der Waals surface area contributed by atoms with Gasteiger partial charge >= 0.3 is 21.1 Å². The standard InChI is InChI=1S/C14H8F8O3S2/c15-9-6-7-12(11(16)8-9)26(13(17,18)19,10-4-2-1-3-5-10)25-27(23,24)14(20,21)22/h1-8H. The first-order valence-corrected chi connectivity index (χ1v) is 9.61. The van der Waals surface area contributed by atoms with Gasteiger partial charge in [-0.2, -0.15) is 38.4 Å². The van der Waals surface area contributed by atoms with Crippen molar-refractivity contribution in [3.8, 4) is 0 Å². The molecular formula is C14H8F8O3S2. The molecule has 0 heterocycles. The highest BCUT2D eigenvalue weighted by molar-refractivity contribution is 8.33. The number of rotatable bonds is 4. The number of alkyl halides is 6. The van der Waals surface area contributed by atoms with Gasteiger partial charge < -0.3 is 0 Å². The number of benzene rings is 2. The largest absolute Gasteiger partial charge is 0.523 e. The van der Waals surface area contributed by atoms with E-state index >= 15 is 0 Å². The number of hydrogen-bond donors (Lipinski definition) is 0. The van der Waals surface area contributed by atoms with Gasteiger partial charge in [0.05, 0.1) is 4.90 Å². The fourth-order valence-corrected chi connectivity index (χ4v) is 6.20. The first-order valence-electron chi connectivity index (χ1n) is 6.64. The predicted molar refractivity (Wildman–Crippen MR) is 79.0 cm³/mol. The van der Waals surface area contributed by atoms with Gasteiger partial charge in [0.2, 0.25) is 0 Å². The summed E-state index contributed by atoms with van der Waals surface area (Å²) in [5.74, 6) is -3.23. The Morgan fingerprint density at radius 2 is 1.33 bits per heavy atom. The maximum absolute atomic E-state index is 14.2. The SMILES string of the molecule is O=S(=O)(OS(c1ccccc1)(c1ccc(F)cc1F)C(F)(F)F)C(F)(F)F. The van der Waals surface area contributed by atoms with Crippen LogP contribution in [0.3, 0.4) is 0 Å². The van der Waals surface area contributed by atoms with E-state index in [9.17, 15) is 43.5 Å². The summed E-state index contributed by atoms with van der Waals surface area (Å²) in [6.07, 6.45) is 0. The second-order valence-electron chi connectivity index (χ2n) is 4.86. The van der Waals surface area contributed by atoms with E-state index in [2.05, 4.69) is 3.63 Å². The highest BCUT2D eigenvalue weighted by atomic mass is 32.3. The Balaban J connectivity index is 2.93. The molecule has 13 heteroatoms. The normalized spacial score (nSPS) is 16.6. The molecule has 0 spiro atoms. The minimum absolute atomic E-state index is 0.0185. The van der Waals surface area contributed by atoms with Crippen molar-refractivity contribution >= 4 is 20.4 Å². The van der Waals surface area contributed by atoms with Gasteiger partial charge in [0.15, 0.2) is 0 Å². The van der Waals surface area contributed by atoms with Crippen molar-refractivity contribution in [2.75, 3.05) is 0 Å². The summed E-state index contributed by atoms with van der Waals surface area (Å²) in [5, 5.41) is 0. The zero-order chi connectivity index (χ0) is 20.7. The maximum atomic E-state index is 14.2. The van der Waals surface area contributed by atoms with E-state index in [0.717, 1.165) is 12.1 Å². The van der Waals surface area contributed by atoms with E-state index < -0.39 is 52.9 Å². The molecule has 0 N–H and O–H groups in total. The second kappa shape index (κ2) is 6.95. The van der Waals surface area contributed by atoms with E-state index in [1.165, 1.54) is 6.07 Å². The van der Waals surface area contributed by atoms with Gasteiger partial charge in [0, 0.05) is 21.3 Å². The average Bonchev–Trinajstić information content (AvgIpc) is 2.51. The Hall–Kier alpha value is -1.86. The molecule has 0 fully saturated rings. The molecule has 1 atom stereocenters. The Bertz CT molecular complexity index is 926. The molecule has 3 nitrogen and oxygen atoms in total. The van der Waals surface area contributed by atoms with E-state index in [1.807, 2.05) is 0 Å². The average molecular weight is 440 g/mol. The Morgan fingerprint density at radius 3 is 1.78 bits per heavy atom. The Labute approximate surface area is 149 Å². The van der Waals surface area contributed by atoms with E-state index in [4.69, 9.17) is 0 Å². The van der Waals surface area contributed by atoms with Crippen molar-refractivity contribution in [2.24, 2.45) is 0 Å². The molecule has 0 saturated heterocycles. The summed E-state index contributed by atoms with van der Waals surface area (Å²) in [6.45, 7) is 0. The lowest BCUT2D eigenvalue weighted by Crippen LogP contribution is -2.33. The lowest BCUT2D eigenvalue weighted by atomic mass is 10.3. The maximum Gasteiger partial charge on any atom is 0.523 e. The van der Waals surface area contributed by atoms with Gasteiger partial charge in [-0.05, 0) is 24.3 Å². The van der Waals surface area contributed by atoms with Crippen LogP contribution >= 0.6 is 10.3 Å². The van der Waals surface area contributed by atoms with Crippen LogP contribution in [0.1, 0.15) is 0 Å². The fourth-order valence-electron chi connectivity index (χ4n) is 1.99.